The van der Waals surface area contributed by atoms with E-state index in [0.717, 1.165) is 36.4 Å². The van der Waals surface area contributed by atoms with Gasteiger partial charge in [0, 0.05) is 6.54 Å². The van der Waals surface area contributed by atoms with E-state index in [0.29, 0.717) is 12.4 Å². The standard InChI is InChI=1S/C30H32N2O3/c1-4-8-30(31-22(2)33)32-18-17-25-20-27(34-3)15-16-28(25)29(32)19-23-11-13-26(14-12-23)35-21-24-9-6-5-7-10-24/h4-16,20,29,33H,2,17-19,21H2,1,3H3/b8-4-,31-30+. The van der Waals surface area contributed by atoms with Crippen LogP contribution in [0.1, 0.15) is 35.2 Å². The molecule has 3 aromatic rings. The van der Waals surface area contributed by atoms with Crippen molar-refractivity contribution < 1.29 is 14.6 Å². The molecule has 1 aliphatic heterocycles. The first-order valence-corrected chi connectivity index (χ1v) is 11.9. The molecule has 1 heterocycles. The minimum atomic E-state index is -0.197. The van der Waals surface area contributed by atoms with E-state index in [1.807, 2.05) is 55.5 Å². The van der Waals surface area contributed by atoms with Gasteiger partial charge < -0.3 is 19.5 Å². The van der Waals surface area contributed by atoms with Gasteiger partial charge in [-0.05, 0) is 78.9 Å². The number of amidine groups is 1. The molecule has 1 aliphatic rings. The van der Waals surface area contributed by atoms with E-state index in [1.165, 1.54) is 16.7 Å². The van der Waals surface area contributed by atoms with E-state index >= 15 is 0 Å². The summed E-state index contributed by atoms with van der Waals surface area (Å²) in [6, 6.07) is 24.8. The highest BCUT2D eigenvalue weighted by molar-refractivity contribution is 5.94. The van der Waals surface area contributed by atoms with Crippen molar-refractivity contribution in [3.8, 4) is 11.5 Å². The molecule has 0 radical (unpaired) electrons. The Kier molecular flexibility index (Phi) is 7.88. The van der Waals surface area contributed by atoms with Crippen LogP contribution >= 0.6 is 0 Å². The number of fused-ring (bicyclic) bond motifs is 1. The highest BCUT2D eigenvalue weighted by Gasteiger charge is 2.29. The number of nitrogens with zero attached hydrogens (tertiary/aromatic N) is 2. The zero-order valence-electron chi connectivity index (χ0n) is 20.4. The zero-order valence-corrected chi connectivity index (χ0v) is 20.4. The lowest BCUT2D eigenvalue weighted by Crippen LogP contribution is -2.40. The fraction of sp³-hybridized carbons (Fsp3) is 0.233. The molecule has 0 saturated heterocycles. The smallest absolute Gasteiger partial charge is 0.205 e. The topological polar surface area (TPSA) is 54.3 Å². The molecule has 0 amide bonds. The van der Waals surface area contributed by atoms with Crippen LogP contribution in [0.25, 0.3) is 0 Å². The molecule has 0 aliphatic carbocycles. The minimum Gasteiger partial charge on any atom is -0.497 e. The molecule has 3 aromatic carbocycles. The van der Waals surface area contributed by atoms with Crippen LogP contribution in [-0.2, 0) is 19.4 Å². The number of hydrogen-bond acceptors (Lipinski definition) is 4. The first-order chi connectivity index (χ1) is 17.1. The second-order valence-corrected chi connectivity index (χ2v) is 8.53. The summed E-state index contributed by atoms with van der Waals surface area (Å²) in [7, 11) is 1.69. The van der Waals surface area contributed by atoms with Crippen molar-refractivity contribution in [1.29, 1.82) is 0 Å². The molecular formula is C30H32N2O3. The summed E-state index contributed by atoms with van der Waals surface area (Å²) in [5.74, 6) is 2.21. The SMILES string of the molecule is C=C(O)/N=C(\C=C/C)N1CCc2cc(OC)ccc2C1Cc1ccc(OCc2ccccc2)cc1. The van der Waals surface area contributed by atoms with Gasteiger partial charge in [-0.15, -0.1) is 0 Å². The monoisotopic (exact) mass is 468 g/mol. The van der Waals surface area contributed by atoms with Crippen LogP contribution < -0.4 is 9.47 Å². The lowest BCUT2D eigenvalue weighted by atomic mass is 9.88. The molecule has 0 fully saturated rings. The normalized spacial score (nSPS) is 15.7. The third-order valence-electron chi connectivity index (χ3n) is 6.16. The molecule has 0 bridgehead atoms. The van der Waals surface area contributed by atoms with Crippen molar-refractivity contribution in [2.24, 2.45) is 4.99 Å². The van der Waals surface area contributed by atoms with E-state index < -0.39 is 0 Å². The van der Waals surface area contributed by atoms with Crippen molar-refractivity contribution >= 4 is 5.84 Å². The number of benzene rings is 3. The van der Waals surface area contributed by atoms with Crippen LogP contribution in [0.2, 0.25) is 0 Å². The van der Waals surface area contributed by atoms with Gasteiger partial charge in [-0.25, -0.2) is 0 Å². The van der Waals surface area contributed by atoms with Crippen molar-refractivity contribution in [3.05, 3.63) is 120 Å². The van der Waals surface area contributed by atoms with Crippen molar-refractivity contribution in [2.45, 2.75) is 32.4 Å². The first-order valence-electron chi connectivity index (χ1n) is 11.9. The molecule has 1 unspecified atom stereocenters. The Hall–Kier alpha value is -3.99. The predicted octanol–water partition coefficient (Wildman–Crippen LogP) is 6.42. The fourth-order valence-corrected chi connectivity index (χ4v) is 4.47. The van der Waals surface area contributed by atoms with Crippen LogP contribution in [0.15, 0.2) is 102 Å². The quantitative estimate of drug-likeness (QED) is 0.235. The van der Waals surface area contributed by atoms with E-state index in [1.54, 1.807) is 7.11 Å². The number of allylic oxidation sites excluding steroid dienone is 1. The van der Waals surface area contributed by atoms with E-state index in [-0.39, 0.29) is 11.9 Å². The predicted molar refractivity (Wildman–Crippen MR) is 141 cm³/mol. The highest BCUT2D eigenvalue weighted by Crippen LogP contribution is 2.35. The first kappa shape index (κ1) is 24.1. The molecule has 0 aromatic heterocycles. The van der Waals surface area contributed by atoms with Gasteiger partial charge in [0.05, 0.1) is 13.2 Å². The summed E-state index contributed by atoms with van der Waals surface area (Å²) in [5.41, 5.74) is 4.85. The number of aliphatic hydroxyl groups is 1. The second kappa shape index (κ2) is 11.4. The van der Waals surface area contributed by atoms with Crippen LogP contribution in [0.5, 0.6) is 11.5 Å². The van der Waals surface area contributed by atoms with Gasteiger partial charge in [-0.3, -0.25) is 0 Å². The molecule has 4 rings (SSSR count). The van der Waals surface area contributed by atoms with E-state index in [2.05, 4.69) is 52.9 Å². The Morgan fingerprint density at radius 1 is 1.06 bits per heavy atom. The zero-order chi connectivity index (χ0) is 24.6. The summed E-state index contributed by atoms with van der Waals surface area (Å²) in [4.78, 5) is 6.57. The number of aliphatic hydroxyl groups excluding tert-OH is 1. The van der Waals surface area contributed by atoms with Crippen LogP contribution in [0, 0.1) is 0 Å². The van der Waals surface area contributed by atoms with E-state index in [4.69, 9.17) is 9.47 Å². The van der Waals surface area contributed by atoms with Gasteiger partial charge in [0.15, 0.2) is 0 Å². The number of rotatable bonds is 8. The fourth-order valence-electron chi connectivity index (χ4n) is 4.47. The average Bonchev–Trinajstić information content (AvgIpc) is 2.88. The van der Waals surface area contributed by atoms with Crippen LogP contribution in [0.4, 0.5) is 0 Å². The lowest BCUT2D eigenvalue weighted by Gasteiger charge is -2.39. The second-order valence-electron chi connectivity index (χ2n) is 8.53. The summed E-state index contributed by atoms with van der Waals surface area (Å²) in [6.07, 6.45) is 5.50. The largest absolute Gasteiger partial charge is 0.497 e. The molecule has 5 heteroatoms. The number of aliphatic imine (C=N–C) groups is 1. The maximum Gasteiger partial charge on any atom is 0.205 e. The third kappa shape index (κ3) is 6.12. The summed E-state index contributed by atoms with van der Waals surface area (Å²) in [6.45, 7) is 6.84. The molecular weight excluding hydrogens is 436 g/mol. The summed E-state index contributed by atoms with van der Waals surface area (Å²) >= 11 is 0. The summed E-state index contributed by atoms with van der Waals surface area (Å²) in [5, 5.41) is 9.81. The Balaban J connectivity index is 1.59. The minimum absolute atomic E-state index is 0.0510. The Bertz CT molecular complexity index is 1200. The van der Waals surface area contributed by atoms with Gasteiger partial charge in [0.25, 0.3) is 0 Å². The number of hydrogen-bond donors (Lipinski definition) is 1. The molecule has 35 heavy (non-hydrogen) atoms. The van der Waals surface area contributed by atoms with Gasteiger partial charge in [-0.2, -0.15) is 4.99 Å². The Morgan fingerprint density at radius 3 is 2.49 bits per heavy atom. The van der Waals surface area contributed by atoms with Gasteiger partial charge in [0.2, 0.25) is 5.88 Å². The highest BCUT2D eigenvalue weighted by atomic mass is 16.5. The van der Waals surface area contributed by atoms with Gasteiger partial charge >= 0.3 is 0 Å². The molecule has 0 saturated carbocycles. The number of ether oxygens (including phenoxy) is 2. The summed E-state index contributed by atoms with van der Waals surface area (Å²) < 4.78 is 11.4. The molecule has 180 valence electrons. The third-order valence-corrected chi connectivity index (χ3v) is 6.16. The van der Waals surface area contributed by atoms with Crippen LogP contribution in [0.3, 0.4) is 0 Å². The molecule has 0 spiro atoms. The average molecular weight is 469 g/mol. The van der Waals surface area contributed by atoms with Gasteiger partial charge in [-0.1, -0.05) is 54.6 Å². The Morgan fingerprint density at radius 2 is 1.80 bits per heavy atom. The van der Waals surface area contributed by atoms with Crippen molar-refractivity contribution in [1.82, 2.24) is 4.90 Å². The van der Waals surface area contributed by atoms with Crippen molar-refractivity contribution in [3.63, 3.8) is 0 Å². The van der Waals surface area contributed by atoms with Crippen LogP contribution in [-0.4, -0.2) is 29.5 Å². The molecule has 1 atom stereocenters. The molecule has 1 N–H and O–H groups in total. The van der Waals surface area contributed by atoms with E-state index in [9.17, 15) is 5.11 Å². The maximum absolute atomic E-state index is 9.81. The Labute approximate surface area is 207 Å². The molecule has 5 nitrogen and oxygen atoms in total. The van der Waals surface area contributed by atoms with Gasteiger partial charge in [0.1, 0.15) is 23.9 Å². The maximum atomic E-state index is 9.81. The van der Waals surface area contributed by atoms with Crippen molar-refractivity contribution in [2.75, 3.05) is 13.7 Å². The lowest BCUT2D eigenvalue weighted by molar-refractivity contribution is 0.293. The number of methoxy groups -OCH3 is 1.